The molecule has 32 heavy (non-hydrogen) atoms. The lowest BCUT2D eigenvalue weighted by Crippen LogP contribution is -2.42. The molecule has 1 aliphatic rings. The highest BCUT2D eigenvalue weighted by molar-refractivity contribution is 5.83. The number of nitrogens with one attached hydrogen (secondary N) is 1. The van der Waals surface area contributed by atoms with Crippen molar-refractivity contribution in [2.24, 2.45) is 0 Å². The van der Waals surface area contributed by atoms with Crippen LogP contribution in [0.15, 0.2) is 53.3 Å². The predicted molar refractivity (Wildman–Crippen MR) is 122 cm³/mol. The second-order valence-electron chi connectivity index (χ2n) is 8.33. The van der Waals surface area contributed by atoms with Crippen LogP contribution < -0.4 is 5.56 Å². The number of rotatable bonds is 5. The van der Waals surface area contributed by atoms with Gasteiger partial charge in [0.25, 0.3) is 5.56 Å². The van der Waals surface area contributed by atoms with E-state index in [0.29, 0.717) is 44.2 Å². The van der Waals surface area contributed by atoms with E-state index < -0.39 is 0 Å². The Balaban J connectivity index is 1.64. The molecule has 0 amide bonds. The molecule has 0 aliphatic carbocycles. The van der Waals surface area contributed by atoms with Crippen molar-refractivity contribution < 1.29 is 4.74 Å². The summed E-state index contributed by atoms with van der Waals surface area (Å²) in [5.41, 5.74) is 4.72. The molecular weight excluding hydrogens is 404 g/mol. The maximum atomic E-state index is 13.3. The van der Waals surface area contributed by atoms with Crippen LogP contribution in [-0.2, 0) is 11.3 Å². The van der Waals surface area contributed by atoms with Crippen molar-refractivity contribution in [3.8, 4) is 0 Å². The highest BCUT2D eigenvalue weighted by atomic mass is 16.5. The molecule has 8 nitrogen and oxygen atoms in total. The highest BCUT2D eigenvalue weighted by Gasteiger charge is 2.31. The first-order valence-electron chi connectivity index (χ1n) is 10.9. The number of benzene rings is 2. The fourth-order valence-corrected chi connectivity index (χ4v) is 4.50. The maximum absolute atomic E-state index is 13.3. The molecule has 1 atom stereocenters. The number of hydrogen-bond acceptors (Lipinski definition) is 6. The number of H-pyrrole nitrogens is 1. The van der Waals surface area contributed by atoms with E-state index in [2.05, 4.69) is 38.4 Å². The first-order valence-corrected chi connectivity index (χ1v) is 10.9. The van der Waals surface area contributed by atoms with Gasteiger partial charge in [0.15, 0.2) is 5.82 Å². The van der Waals surface area contributed by atoms with Crippen molar-refractivity contribution in [3.05, 3.63) is 87.0 Å². The Morgan fingerprint density at radius 2 is 1.88 bits per heavy atom. The van der Waals surface area contributed by atoms with Crippen LogP contribution >= 0.6 is 0 Å². The van der Waals surface area contributed by atoms with Crippen LogP contribution in [0, 0.1) is 13.8 Å². The summed E-state index contributed by atoms with van der Waals surface area (Å²) >= 11 is 0. The molecule has 3 heterocycles. The Bertz CT molecular complexity index is 1290. The van der Waals surface area contributed by atoms with Crippen LogP contribution in [0.3, 0.4) is 0 Å². The zero-order valence-corrected chi connectivity index (χ0v) is 18.3. The van der Waals surface area contributed by atoms with Crippen molar-refractivity contribution in [2.75, 3.05) is 26.3 Å². The predicted octanol–water partition coefficient (Wildman–Crippen LogP) is 2.60. The second kappa shape index (κ2) is 8.64. The Morgan fingerprint density at radius 1 is 1.09 bits per heavy atom. The molecule has 1 fully saturated rings. The lowest BCUT2D eigenvalue weighted by atomic mass is 9.99. The van der Waals surface area contributed by atoms with Gasteiger partial charge in [0, 0.05) is 29.6 Å². The number of aryl methyl sites for hydroxylation is 2. The number of aromatic nitrogens is 5. The van der Waals surface area contributed by atoms with E-state index in [9.17, 15) is 4.79 Å². The summed E-state index contributed by atoms with van der Waals surface area (Å²) in [4.78, 5) is 18.6. The second-order valence-corrected chi connectivity index (χ2v) is 8.33. The number of hydrogen-bond donors (Lipinski definition) is 1. The van der Waals surface area contributed by atoms with Gasteiger partial charge in [-0.2, -0.15) is 0 Å². The van der Waals surface area contributed by atoms with Gasteiger partial charge in [0.05, 0.1) is 19.8 Å². The molecule has 2 aromatic heterocycles. The molecule has 2 aromatic carbocycles. The third kappa shape index (κ3) is 3.94. The molecule has 164 valence electrons. The van der Waals surface area contributed by atoms with Gasteiger partial charge < -0.3 is 9.72 Å². The van der Waals surface area contributed by atoms with Gasteiger partial charge in [0.2, 0.25) is 0 Å². The molecule has 5 rings (SSSR count). The van der Waals surface area contributed by atoms with Crippen LogP contribution in [0.1, 0.15) is 34.1 Å². The van der Waals surface area contributed by atoms with Crippen LogP contribution in [0.5, 0.6) is 0 Å². The molecule has 0 bridgehead atoms. The minimum absolute atomic E-state index is 0.117. The van der Waals surface area contributed by atoms with Gasteiger partial charge in [-0.15, -0.1) is 5.10 Å². The Labute approximate surface area is 185 Å². The van der Waals surface area contributed by atoms with Crippen LogP contribution in [0.2, 0.25) is 0 Å². The molecular formula is C24H26N6O2. The average Bonchev–Trinajstić information content (AvgIpc) is 3.23. The quantitative estimate of drug-likeness (QED) is 0.524. The van der Waals surface area contributed by atoms with Gasteiger partial charge in [-0.05, 0) is 53.1 Å². The first-order chi connectivity index (χ1) is 15.6. The monoisotopic (exact) mass is 430 g/mol. The Morgan fingerprint density at radius 3 is 2.66 bits per heavy atom. The molecule has 0 spiro atoms. The van der Waals surface area contributed by atoms with Crippen molar-refractivity contribution in [3.63, 3.8) is 0 Å². The van der Waals surface area contributed by atoms with Crippen LogP contribution in [0.25, 0.3) is 10.9 Å². The van der Waals surface area contributed by atoms with Crippen molar-refractivity contribution in [1.29, 1.82) is 0 Å². The minimum Gasteiger partial charge on any atom is -0.379 e. The topological polar surface area (TPSA) is 88.9 Å². The molecule has 0 radical (unpaired) electrons. The van der Waals surface area contributed by atoms with E-state index >= 15 is 0 Å². The van der Waals surface area contributed by atoms with Gasteiger partial charge in [0.1, 0.15) is 6.04 Å². The summed E-state index contributed by atoms with van der Waals surface area (Å²) < 4.78 is 7.37. The van der Waals surface area contributed by atoms with Gasteiger partial charge >= 0.3 is 0 Å². The standard InChI is InChI=1S/C24H26N6O2/c1-16-12-17(2)19-14-20(24(31)25-21(19)13-16)22(29-8-10-32-11-9-29)23-26-27-28-30(23)15-18-6-4-3-5-7-18/h3-7,12-14,22H,8-11,15H2,1-2H3,(H,25,31). The summed E-state index contributed by atoms with van der Waals surface area (Å²) in [7, 11) is 0. The maximum Gasteiger partial charge on any atom is 0.253 e. The van der Waals surface area contributed by atoms with Crippen molar-refractivity contribution in [1.82, 2.24) is 30.1 Å². The molecule has 1 N–H and O–H groups in total. The van der Waals surface area contributed by atoms with Gasteiger partial charge in [-0.1, -0.05) is 36.4 Å². The van der Waals surface area contributed by atoms with Gasteiger partial charge in [-0.3, -0.25) is 9.69 Å². The largest absolute Gasteiger partial charge is 0.379 e. The van der Waals surface area contributed by atoms with Crippen LogP contribution in [-0.4, -0.2) is 56.4 Å². The van der Waals surface area contributed by atoms with Crippen molar-refractivity contribution in [2.45, 2.75) is 26.4 Å². The normalized spacial score (nSPS) is 15.8. The number of fused-ring (bicyclic) bond motifs is 1. The third-order valence-corrected chi connectivity index (χ3v) is 6.03. The number of morpholine rings is 1. The first kappa shape index (κ1) is 20.5. The number of tetrazole rings is 1. The summed E-state index contributed by atoms with van der Waals surface area (Å²) in [6.45, 7) is 7.27. The van der Waals surface area contributed by atoms with E-state index in [1.807, 2.05) is 49.4 Å². The summed E-state index contributed by atoms with van der Waals surface area (Å²) in [5, 5.41) is 13.7. The van der Waals surface area contributed by atoms with E-state index in [4.69, 9.17) is 4.74 Å². The lowest BCUT2D eigenvalue weighted by Gasteiger charge is -2.33. The molecule has 4 aromatic rings. The number of nitrogens with zero attached hydrogens (tertiary/aromatic N) is 5. The number of pyridine rings is 1. The number of aromatic amines is 1. The molecule has 1 unspecified atom stereocenters. The number of ether oxygens (including phenoxy) is 1. The minimum atomic E-state index is -0.369. The fourth-order valence-electron chi connectivity index (χ4n) is 4.50. The average molecular weight is 431 g/mol. The SMILES string of the molecule is Cc1cc(C)c2cc(C(c3nnnn3Cc3ccccc3)N3CCOCC3)c(=O)[nH]c2c1. The smallest absolute Gasteiger partial charge is 0.253 e. The molecule has 1 aliphatic heterocycles. The Hall–Kier alpha value is -3.36. The highest BCUT2D eigenvalue weighted by Crippen LogP contribution is 2.29. The third-order valence-electron chi connectivity index (χ3n) is 6.03. The summed E-state index contributed by atoms with van der Waals surface area (Å²) in [6, 6.07) is 15.9. The molecule has 1 saturated heterocycles. The zero-order valence-electron chi connectivity index (χ0n) is 18.3. The summed E-state index contributed by atoms with van der Waals surface area (Å²) in [6.07, 6.45) is 0. The zero-order chi connectivity index (χ0) is 22.1. The fraction of sp³-hybridized carbons (Fsp3) is 0.333. The van der Waals surface area contributed by atoms with Gasteiger partial charge in [-0.25, -0.2) is 4.68 Å². The molecule has 0 saturated carbocycles. The van der Waals surface area contributed by atoms with E-state index in [1.54, 1.807) is 4.68 Å². The van der Waals surface area contributed by atoms with Crippen LogP contribution in [0.4, 0.5) is 0 Å². The van der Waals surface area contributed by atoms with E-state index in [1.165, 1.54) is 0 Å². The molecule has 8 heteroatoms. The van der Waals surface area contributed by atoms with E-state index in [-0.39, 0.29) is 11.6 Å². The van der Waals surface area contributed by atoms with E-state index in [0.717, 1.165) is 27.6 Å². The van der Waals surface area contributed by atoms with Crippen molar-refractivity contribution >= 4 is 10.9 Å². The Kier molecular flexibility index (Phi) is 5.55. The summed E-state index contributed by atoms with van der Waals surface area (Å²) in [5.74, 6) is 0.658. The lowest BCUT2D eigenvalue weighted by molar-refractivity contribution is 0.0214.